The fraction of sp³-hybridized carbons (Fsp3) is 0.238. The predicted molar refractivity (Wildman–Crippen MR) is 107 cm³/mol. The van der Waals surface area contributed by atoms with Crippen LogP contribution in [0, 0.1) is 17.1 Å². The summed E-state index contributed by atoms with van der Waals surface area (Å²) < 4.78 is 41.6. The molecule has 0 unspecified atom stereocenters. The molecular formula is C21H20FN3O3S. The van der Waals surface area contributed by atoms with Crippen molar-refractivity contribution in [2.24, 2.45) is 0 Å². The number of nitriles is 1. The van der Waals surface area contributed by atoms with E-state index in [2.05, 4.69) is 0 Å². The molecular weight excluding hydrogens is 393 g/mol. The van der Waals surface area contributed by atoms with E-state index in [4.69, 9.17) is 5.26 Å². The van der Waals surface area contributed by atoms with E-state index in [1.807, 2.05) is 6.07 Å². The lowest BCUT2D eigenvalue weighted by molar-refractivity contribution is -0.130. The molecule has 8 heteroatoms. The van der Waals surface area contributed by atoms with Gasteiger partial charge in [-0.05, 0) is 12.1 Å². The molecule has 0 atom stereocenters. The summed E-state index contributed by atoms with van der Waals surface area (Å²) in [5, 5.41) is 9.16. The Morgan fingerprint density at radius 2 is 1.86 bits per heavy atom. The Hall–Kier alpha value is -3.18. The smallest absolute Gasteiger partial charge is 0.242 e. The number of sulfone groups is 1. The molecule has 0 saturated heterocycles. The monoisotopic (exact) mass is 413 g/mol. The topological polar surface area (TPSA) is 83.2 Å². The van der Waals surface area contributed by atoms with E-state index in [0.29, 0.717) is 17.4 Å². The Kier molecular flexibility index (Phi) is 5.99. The van der Waals surface area contributed by atoms with Crippen molar-refractivity contribution in [3.8, 4) is 6.07 Å². The lowest BCUT2D eigenvalue weighted by Gasteiger charge is -2.16. The molecule has 150 valence electrons. The van der Waals surface area contributed by atoms with Gasteiger partial charge in [0.25, 0.3) is 0 Å². The van der Waals surface area contributed by atoms with E-state index in [1.165, 1.54) is 29.3 Å². The van der Waals surface area contributed by atoms with Gasteiger partial charge in [-0.15, -0.1) is 0 Å². The first-order valence-corrected chi connectivity index (χ1v) is 10.6. The van der Waals surface area contributed by atoms with Crippen molar-refractivity contribution in [1.82, 2.24) is 9.47 Å². The first kappa shape index (κ1) is 20.6. The maximum Gasteiger partial charge on any atom is 0.242 e. The number of carbonyl (C=O) groups excluding carboxylic acids is 1. The molecule has 3 aromatic rings. The van der Waals surface area contributed by atoms with Crippen molar-refractivity contribution >= 4 is 26.6 Å². The zero-order valence-corrected chi connectivity index (χ0v) is 16.7. The minimum absolute atomic E-state index is 0.0579. The predicted octanol–water partition coefficient (Wildman–Crippen LogP) is 3.13. The lowest BCUT2D eigenvalue weighted by Crippen LogP contribution is -2.30. The third kappa shape index (κ3) is 4.46. The van der Waals surface area contributed by atoms with Crippen LogP contribution in [0.4, 0.5) is 4.39 Å². The second-order valence-corrected chi connectivity index (χ2v) is 8.67. The van der Waals surface area contributed by atoms with Crippen LogP contribution in [-0.2, 0) is 26.9 Å². The third-order valence-corrected chi connectivity index (χ3v) is 6.37. The van der Waals surface area contributed by atoms with Crippen LogP contribution in [0.15, 0.2) is 59.6 Å². The first-order valence-electron chi connectivity index (χ1n) is 8.98. The van der Waals surface area contributed by atoms with Crippen LogP contribution in [0.1, 0.15) is 12.0 Å². The molecule has 0 N–H and O–H groups in total. The fourth-order valence-corrected chi connectivity index (χ4v) is 4.69. The maximum absolute atomic E-state index is 14.0. The average molecular weight is 413 g/mol. The molecule has 0 radical (unpaired) electrons. The number of rotatable bonds is 7. The Bertz CT molecular complexity index is 1200. The van der Waals surface area contributed by atoms with Crippen LogP contribution in [0.25, 0.3) is 10.9 Å². The fourth-order valence-electron chi connectivity index (χ4n) is 3.10. The van der Waals surface area contributed by atoms with Crippen molar-refractivity contribution in [2.75, 3.05) is 13.6 Å². The van der Waals surface area contributed by atoms with Gasteiger partial charge in [-0.25, -0.2) is 12.8 Å². The van der Waals surface area contributed by atoms with Gasteiger partial charge in [-0.2, -0.15) is 5.26 Å². The normalized spacial score (nSPS) is 11.3. The van der Waals surface area contributed by atoms with Gasteiger partial charge in [0.1, 0.15) is 12.4 Å². The summed E-state index contributed by atoms with van der Waals surface area (Å²) in [5.41, 5.74) is 0.693. The summed E-state index contributed by atoms with van der Waals surface area (Å²) in [6.45, 7) is 0.241. The van der Waals surface area contributed by atoms with Gasteiger partial charge in [-0.3, -0.25) is 4.79 Å². The summed E-state index contributed by atoms with van der Waals surface area (Å²) in [5.74, 6) is -1.28. The molecule has 1 heterocycles. The molecule has 0 aliphatic rings. The maximum atomic E-state index is 14.0. The minimum atomic E-state index is -3.84. The van der Waals surface area contributed by atoms with Crippen molar-refractivity contribution < 1.29 is 17.6 Å². The van der Waals surface area contributed by atoms with Gasteiger partial charge >= 0.3 is 0 Å². The zero-order chi connectivity index (χ0) is 21.0. The minimum Gasteiger partial charge on any atom is -0.343 e. The molecule has 0 aliphatic carbocycles. The number of likely N-dealkylation sites (N-methyl/N-ethyl adjacent to an activating group) is 1. The molecule has 0 bridgehead atoms. The van der Waals surface area contributed by atoms with Crippen LogP contribution >= 0.6 is 0 Å². The van der Waals surface area contributed by atoms with E-state index < -0.39 is 21.4 Å². The molecule has 6 nitrogen and oxygen atoms in total. The number of hydrogen-bond acceptors (Lipinski definition) is 4. The van der Waals surface area contributed by atoms with E-state index >= 15 is 0 Å². The highest BCUT2D eigenvalue weighted by Gasteiger charge is 2.24. The van der Waals surface area contributed by atoms with E-state index in [0.717, 1.165) is 0 Å². The molecule has 1 aromatic heterocycles. The quantitative estimate of drug-likeness (QED) is 0.596. The van der Waals surface area contributed by atoms with E-state index in [1.54, 1.807) is 41.9 Å². The first-order chi connectivity index (χ1) is 13.8. The molecule has 1 amide bonds. The van der Waals surface area contributed by atoms with Gasteiger partial charge in [0.15, 0.2) is 9.84 Å². The number of carbonyl (C=O) groups is 1. The summed E-state index contributed by atoms with van der Waals surface area (Å²) in [6.07, 6.45) is 1.65. The number of fused-ring (bicyclic) bond motifs is 1. The second-order valence-electron chi connectivity index (χ2n) is 6.71. The summed E-state index contributed by atoms with van der Waals surface area (Å²) in [4.78, 5) is 13.9. The standard InChI is InChI=1S/C21H20FN3O3S/c1-24(12-6-11-23)21(26)14-25-13-20(17-8-3-5-10-19(17)25)29(27,28)15-16-7-2-4-9-18(16)22/h2-5,7-10,13H,6,12,14-15H2,1H3. The van der Waals surface area contributed by atoms with Crippen molar-refractivity contribution in [3.05, 3.63) is 66.1 Å². The van der Waals surface area contributed by atoms with E-state index in [9.17, 15) is 17.6 Å². The number of para-hydroxylation sites is 1. The van der Waals surface area contributed by atoms with Gasteiger partial charge < -0.3 is 9.47 Å². The Morgan fingerprint density at radius 1 is 1.17 bits per heavy atom. The Labute approximate surface area is 168 Å². The van der Waals surface area contributed by atoms with Gasteiger partial charge in [0, 0.05) is 36.3 Å². The van der Waals surface area contributed by atoms with Gasteiger partial charge in [-0.1, -0.05) is 36.4 Å². The Morgan fingerprint density at radius 3 is 2.59 bits per heavy atom. The summed E-state index contributed by atoms with van der Waals surface area (Å²) in [6, 6.07) is 14.6. The third-order valence-electron chi connectivity index (χ3n) is 4.68. The van der Waals surface area contributed by atoms with Crippen LogP contribution in [0.5, 0.6) is 0 Å². The molecule has 0 fully saturated rings. The van der Waals surface area contributed by atoms with Gasteiger partial charge in [0.2, 0.25) is 5.91 Å². The van der Waals surface area contributed by atoms with Crippen molar-refractivity contribution in [3.63, 3.8) is 0 Å². The number of benzene rings is 2. The van der Waals surface area contributed by atoms with E-state index in [-0.39, 0.29) is 29.3 Å². The number of aromatic nitrogens is 1. The summed E-state index contributed by atoms with van der Waals surface area (Å²) in [7, 11) is -2.24. The van der Waals surface area contributed by atoms with Crippen molar-refractivity contribution in [2.45, 2.75) is 23.6 Å². The van der Waals surface area contributed by atoms with Crippen LogP contribution in [0.3, 0.4) is 0 Å². The van der Waals surface area contributed by atoms with Crippen molar-refractivity contribution in [1.29, 1.82) is 5.26 Å². The van der Waals surface area contributed by atoms with Gasteiger partial charge in [0.05, 0.1) is 23.1 Å². The number of nitrogens with zero attached hydrogens (tertiary/aromatic N) is 3. The molecule has 2 aromatic carbocycles. The number of amides is 1. The van der Waals surface area contributed by atoms with Crippen LogP contribution in [-0.4, -0.2) is 37.4 Å². The second kappa shape index (κ2) is 8.45. The molecule has 3 rings (SSSR count). The molecule has 0 saturated carbocycles. The summed E-state index contributed by atoms with van der Waals surface area (Å²) >= 11 is 0. The highest BCUT2D eigenvalue weighted by Crippen LogP contribution is 2.28. The highest BCUT2D eigenvalue weighted by atomic mass is 32.2. The Balaban J connectivity index is 1.97. The molecule has 29 heavy (non-hydrogen) atoms. The zero-order valence-electron chi connectivity index (χ0n) is 15.9. The molecule has 0 aliphatic heterocycles. The number of hydrogen-bond donors (Lipinski definition) is 0. The van der Waals surface area contributed by atoms with Crippen LogP contribution < -0.4 is 0 Å². The SMILES string of the molecule is CN(CCC#N)C(=O)Cn1cc(S(=O)(=O)Cc2ccccc2F)c2ccccc21. The lowest BCUT2D eigenvalue weighted by atomic mass is 10.2. The highest BCUT2D eigenvalue weighted by molar-refractivity contribution is 7.90. The molecule has 0 spiro atoms. The average Bonchev–Trinajstić information content (AvgIpc) is 3.07. The number of halogens is 1. The van der Waals surface area contributed by atoms with Crippen LogP contribution in [0.2, 0.25) is 0 Å². The largest absolute Gasteiger partial charge is 0.343 e.